The van der Waals surface area contributed by atoms with Gasteiger partial charge in [0.05, 0.1) is 7.11 Å². The summed E-state index contributed by atoms with van der Waals surface area (Å²) in [7, 11) is -2.20. The molecule has 0 amide bonds. The highest BCUT2D eigenvalue weighted by atomic mass is 32.2. The van der Waals surface area contributed by atoms with Crippen LogP contribution >= 0.6 is 0 Å². The Labute approximate surface area is 143 Å². The van der Waals surface area contributed by atoms with Crippen LogP contribution < -0.4 is 14.2 Å². The van der Waals surface area contributed by atoms with Crippen LogP contribution in [0.1, 0.15) is 16.7 Å². The van der Waals surface area contributed by atoms with Crippen LogP contribution in [0.5, 0.6) is 11.5 Å². The van der Waals surface area contributed by atoms with Gasteiger partial charge in [0.15, 0.2) is 0 Å². The van der Waals surface area contributed by atoms with Crippen molar-refractivity contribution in [3.05, 3.63) is 53.1 Å². The zero-order valence-electron chi connectivity index (χ0n) is 14.4. The van der Waals surface area contributed by atoms with Crippen LogP contribution in [0.15, 0.2) is 41.3 Å². The third-order valence-electron chi connectivity index (χ3n) is 3.75. The fraction of sp³-hybridized carbons (Fsp3) is 0.333. The molecule has 5 nitrogen and oxygen atoms in total. The van der Waals surface area contributed by atoms with E-state index in [1.807, 2.05) is 45.0 Å². The summed E-state index contributed by atoms with van der Waals surface area (Å²) in [5, 5.41) is 0. The summed E-state index contributed by atoms with van der Waals surface area (Å²) in [6.45, 7) is 6.20. The van der Waals surface area contributed by atoms with Gasteiger partial charge in [0.25, 0.3) is 0 Å². The third kappa shape index (κ3) is 4.49. The molecule has 0 saturated heterocycles. The lowest BCUT2D eigenvalue weighted by Gasteiger charge is -2.13. The molecular formula is C18H23NO4S. The van der Waals surface area contributed by atoms with E-state index in [0.717, 1.165) is 16.7 Å². The van der Waals surface area contributed by atoms with Crippen molar-refractivity contribution < 1.29 is 17.9 Å². The van der Waals surface area contributed by atoms with Gasteiger partial charge in [-0.3, -0.25) is 0 Å². The van der Waals surface area contributed by atoms with Gasteiger partial charge in [-0.15, -0.1) is 0 Å². The maximum absolute atomic E-state index is 12.5. The monoisotopic (exact) mass is 349 g/mol. The molecule has 0 aliphatic carbocycles. The predicted octanol–water partition coefficient (Wildman–Crippen LogP) is 2.98. The minimum atomic E-state index is -3.66. The number of aryl methyl sites for hydroxylation is 3. The number of rotatable bonds is 7. The minimum Gasteiger partial charge on any atom is -0.495 e. The lowest BCUT2D eigenvalue weighted by atomic mass is 10.1. The fourth-order valence-electron chi connectivity index (χ4n) is 2.19. The molecule has 0 spiro atoms. The van der Waals surface area contributed by atoms with Gasteiger partial charge < -0.3 is 9.47 Å². The zero-order chi connectivity index (χ0) is 17.7. The van der Waals surface area contributed by atoms with Crippen molar-refractivity contribution in [2.75, 3.05) is 20.3 Å². The number of benzene rings is 2. The molecule has 6 heteroatoms. The molecular weight excluding hydrogens is 326 g/mol. The number of hydrogen-bond acceptors (Lipinski definition) is 4. The van der Waals surface area contributed by atoms with Gasteiger partial charge in [-0.05, 0) is 56.2 Å². The van der Waals surface area contributed by atoms with E-state index in [-0.39, 0.29) is 18.0 Å². The normalized spacial score (nSPS) is 11.3. The summed E-state index contributed by atoms with van der Waals surface area (Å²) < 4.78 is 38.3. The number of sulfonamides is 1. The molecule has 0 radical (unpaired) electrons. The molecule has 0 unspecified atom stereocenters. The average Bonchev–Trinajstić information content (AvgIpc) is 2.55. The Balaban J connectivity index is 2.01. The summed E-state index contributed by atoms with van der Waals surface area (Å²) in [5.74, 6) is 1.05. The second-order valence-corrected chi connectivity index (χ2v) is 7.38. The van der Waals surface area contributed by atoms with Crippen LogP contribution in [-0.4, -0.2) is 28.7 Å². The first-order chi connectivity index (χ1) is 11.3. The largest absolute Gasteiger partial charge is 0.495 e. The van der Waals surface area contributed by atoms with Gasteiger partial charge >= 0.3 is 0 Å². The summed E-state index contributed by atoms with van der Waals surface area (Å²) >= 11 is 0. The molecule has 2 aromatic rings. The van der Waals surface area contributed by atoms with Crippen molar-refractivity contribution in [2.24, 2.45) is 0 Å². The van der Waals surface area contributed by atoms with Gasteiger partial charge in [-0.2, -0.15) is 0 Å². The molecule has 0 saturated carbocycles. The lowest BCUT2D eigenvalue weighted by Crippen LogP contribution is -2.28. The SMILES string of the molecule is COc1cc(C)c(C)cc1S(=O)(=O)NCCOc1ccc(C)cc1. The molecule has 0 heterocycles. The van der Waals surface area contributed by atoms with Gasteiger partial charge in [0, 0.05) is 6.54 Å². The predicted molar refractivity (Wildman–Crippen MR) is 94.3 cm³/mol. The third-order valence-corrected chi connectivity index (χ3v) is 5.24. The van der Waals surface area contributed by atoms with Gasteiger partial charge in [0.2, 0.25) is 10.0 Å². The number of hydrogen-bond donors (Lipinski definition) is 1. The van der Waals surface area contributed by atoms with E-state index in [4.69, 9.17) is 9.47 Å². The van der Waals surface area contributed by atoms with Crippen molar-refractivity contribution in [3.8, 4) is 11.5 Å². The van der Waals surface area contributed by atoms with Crippen molar-refractivity contribution in [1.29, 1.82) is 0 Å². The van der Waals surface area contributed by atoms with E-state index in [0.29, 0.717) is 11.5 Å². The van der Waals surface area contributed by atoms with Gasteiger partial charge in [-0.1, -0.05) is 17.7 Å². The molecule has 0 aromatic heterocycles. The van der Waals surface area contributed by atoms with Crippen LogP contribution in [0.4, 0.5) is 0 Å². The number of methoxy groups -OCH3 is 1. The Morgan fingerprint density at radius 3 is 2.25 bits per heavy atom. The van der Waals surface area contributed by atoms with E-state index >= 15 is 0 Å². The Morgan fingerprint density at radius 1 is 1.00 bits per heavy atom. The number of nitrogens with one attached hydrogen (secondary N) is 1. The lowest BCUT2D eigenvalue weighted by molar-refractivity contribution is 0.322. The number of ether oxygens (including phenoxy) is 2. The molecule has 0 aliphatic rings. The highest BCUT2D eigenvalue weighted by Gasteiger charge is 2.20. The topological polar surface area (TPSA) is 64.6 Å². The van der Waals surface area contributed by atoms with E-state index < -0.39 is 10.0 Å². The van der Waals surface area contributed by atoms with Crippen molar-refractivity contribution >= 4 is 10.0 Å². The van der Waals surface area contributed by atoms with E-state index in [1.54, 1.807) is 12.1 Å². The molecule has 0 aliphatic heterocycles. The first kappa shape index (κ1) is 18.3. The second kappa shape index (κ2) is 7.68. The maximum Gasteiger partial charge on any atom is 0.244 e. The van der Waals surface area contributed by atoms with Crippen LogP contribution in [0.25, 0.3) is 0 Å². The summed E-state index contributed by atoms with van der Waals surface area (Å²) in [6.07, 6.45) is 0. The van der Waals surface area contributed by atoms with Crippen molar-refractivity contribution in [3.63, 3.8) is 0 Å². The highest BCUT2D eigenvalue weighted by molar-refractivity contribution is 7.89. The molecule has 2 aromatic carbocycles. The Morgan fingerprint density at radius 2 is 1.62 bits per heavy atom. The van der Waals surface area contributed by atoms with Gasteiger partial charge in [0.1, 0.15) is 23.0 Å². The fourth-order valence-corrected chi connectivity index (χ4v) is 3.44. The first-order valence-corrected chi connectivity index (χ1v) is 9.16. The molecule has 0 fully saturated rings. The highest BCUT2D eigenvalue weighted by Crippen LogP contribution is 2.27. The second-order valence-electron chi connectivity index (χ2n) is 5.65. The van der Waals surface area contributed by atoms with Crippen LogP contribution in [0.3, 0.4) is 0 Å². The molecule has 0 atom stereocenters. The minimum absolute atomic E-state index is 0.142. The Bertz CT molecular complexity index is 799. The molecule has 1 N–H and O–H groups in total. The Kier molecular flexibility index (Phi) is 5.85. The van der Waals surface area contributed by atoms with E-state index in [2.05, 4.69) is 4.72 Å². The van der Waals surface area contributed by atoms with E-state index in [9.17, 15) is 8.42 Å². The molecule has 2 rings (SSSR count). The van der Waals surface area contributed by atoms with Gasteiger partial charge in [-0.25, -0.2) is 13.1 Å². The standard InChI is InChI=1S/C18H23NO4S/c1-13-5-7-16(8-6-13)23-10-9-19-24(20,21)18-12-15(3)14(2)11-17(18)22-4/h5-8,11-12,19H,9-10H2,1-4H3. The average molecular weight is 349 g/mol. The molecule has 130 valence electrons. The van der Waals surface area contributed by atoms with Crippen LogP contribution in [0.2, 0.25) is 0 Å². The summed E-state index contributed by atoms with van der Waals surface area (Å²) in [6, 6.07) is 11.0. The van der Waals surface area contributed by atoms with Crippen LogP contribution in [0, 0.1) is 20.8 Å². The smallest absolute Gasteiger partial charge is 0.244 e. The van der Waals surface area contributed by atoms with Crippen molar-refractivity contribution in [1.82, 2.24) is 4.72 Å². The zero-order valence-corrected chi connectivity index (χ0v) is 15.2. The van der Waals surface area contributed by atoms with E-state index in [1.165, 1.54) is 7.11 Å². The van der Waals surface area contributed by atoms with Crippen molar-refractivity contribution in [2.45, 2.75) is 25.7 Å². The summed E-state index contributed by atoms with van der Waals surface area (Å²) in [4.78, 5) is 0.142. The molecule has 24 heavy (non-hydrogen) atoms. The maximum atomic E-state index is 12.5. The summed E-state index contributed by atoms with van der Waals surface area (Å²) in [5.41, 5.74) is 3.02. The first-order valence-electron chi connectivity index (χ1n) is 7.68. The quantitative estimate of drug-likeness (QED) is 0.781. The van der Waals surface area contributed by atoms with Crippen LogP contribution in [-0.2, 0) is 10.0 Å². The molecule has 0 bridgehead atoms. The Hall–Kier alpha value is -2.05.